The first-order chi connectivity index (χ1) is 20.3. The van der Waals surface area contributed by atoms with Crippen molar-refractivity contribution in [1.29, 1.82) is 0 Å². The van der Waals surface area contributed by atoms with E-state index in [4.69, 9.17) is 37.7 Å². The van der Waals surface area contributed by atoms with Gasteiger partial charge in [-0.1, -0.05) is 53.5 Å². The minimum Gasteiger partial charge on any atom is -0.497 e. The molecule has 5 rings (SSSR count). The average molecular weight is 604 g/mol. The topological polar surface area (TPSA) is 84.8 Å². The molecule has 216 valence electrons. The molecule has 1 aliphatic heterocycles. The fourth-order valence-electron chi connectivity index (χ4n) is 5.06. The number of hydrogen-bond acceptors (Lipinski definition) is 6. The van der Waals surface area contributed by atoms with Gasteiger partial charge in [0.2, 0.25) is 0 Å². The Hall–Kier alpha value is -4.07. The molecule has 7 nitrogen and oxygen atoms in total. The molecule has 3 aromatic carbocycles. The zero-order chi connectivity index (χ0) is 29.7. The van der Waals surface area contributed by atoms with Crippen LogP contribution in [0.25, 0.3) is 0 Å². The maximum absolute atomic E-state index is 14.5. The van der Waals surface area contributed by atoms with Crippen molar-refractivity contribution in [3.63, 3.8) is 0 Å². The molecular formula is C33H32Cl2N4O3. The fourth-order valence-corrected chi connectivity index (χ4v) is 5.31. The highest BCUT2D eigenvalue weighted by Gasteiger charge is 2.53. The van der Waals surface area contributed by atoms with Crippen molar-refractivity contribution in [3.05, 3.63) is 124 Å². The third-order valence-electron chi connectivity index (χ3n) is 7.06. The summed E-state index contributed by atoms with van der Waals surface area (Å²) >= 11 is 12.5. The molecule has 0 unspecified atom stereocenters. The van der Waals surface area contributed by atoms with Crippen LogP contribution in [-0.2, 0) is 16.8 Å². The van der Waals surface area contributed by atoms with Gasteiger partial charge in [0.15, 0.2) is 5.54 Å². The van der Waals surface area contributed by atoms with Gasteiger partial charge in [0.25, 0.3) is 5.91 Å². The van der Waals surface area contributed by atoms with Gasteiger partial charge < -0.3 is 20.1 Å². The smallest absolute Gasteiger partial charge is 0.253 e. The van der Waals surface area contributed by atoms with E-state index >= 15 is 0 Å². The molecule has 0 aliphatic carbocycles. The molecule has 0 saturated carbocycles. The third kappa shape index (κ3) is 6.22. The first-order valence-corrected chi connectivity index (χ1v) is 14.5. The van der Waals surface area contributed by atoms with Crippen molar-refractivity contribution in [3.8, 4) is 11.5 Å². The Morgan fingerprint density at radius 1 is 1.02 bits per heavy atom. The Morgan fingerprint density at radius 3 is 2.38 bits per heavy atom. The maximum atomic E-state index is 14.5. The number of amidine groups is 1. The minimum absolute atomic E-state index is 0.0956. The van der Waals surface area contributed by atoms with Crippen LogP contribution in [0, 0.1) is 0 Å². The van der Waals surface area contributed by atoms with Gasteiger partial charge in [-0.2, -0.15) is 0 Å². The molecule has 1 amide bonds. The maximum Gasteiger partial charge on any atom is 0.253 e. The molecule has 4 aromatic rings. The zero-order valence-corrected chi connectivity index (χ0v) is 25.1. The van der Waals surface area contributed by atoms with E-state index in [1.165, 1.54) is 0 Å². The third-order valence-corrected chi connectivity index (χ3v) is 7.56. The van der Waals surface area contributed by atoms with E-state index in [9.17, 15) is 4.79 Å². The second kappa shape index (κ2) is 12.8. The van der Waals surface area contributed by atoms with Crippen LogP contribution in [0.1, 0.15) is 42.1 Å². The number of rotatable bonds is 10. The number of aromatic nitrogens is 1. The van der Waals surface area contributed by atoms with E-state index in [2.05, 4.69) is 15.6 Å². The summed E-state index contributed by atoms with van der Waals surface area (Å²) in [5.74, 6) is 1.53. The lowest BCUT2D eigenvalue weighted by Crippen LogP contribution is -2.56. The lowest BCUT2D eigenvalue weighted by molar-refractivity contribution is -0.128. The number of hydrogen-bond donors (Lipinski definition) is 2. The second-order valence-electron chi connectivity index (χ2n) is 10.3. The monoisotopic (exact) mass is 602 g/mol. The van der Waals surface area contributed by atoms with Gasteiger partial charge in [0.05, 0.1) is 18.8 Å². The van der Waals surface area contributed by atoms with E-state index in [1.807, 2.05) is 68.4 Å². The highest BCUT2D eigenvalue weighted by molar-refractivity contribution is 6.30. The number of amides is 1. The Bertz CT molecular complexity index is 1560. The van der Waals surface area contributed by atoms with Crippen molar-refractivity contribution < 1.29 is 14.3 Å². The molecule has 0 fully saturated rings. The number of nitrogens with one attached hydrogen (secondary N) is 2. The summed E-state index contributed by atoms with van der Waals surface area (Å²) < 4.78 is 11.6. The van der Waals surface area contributed by atoms with Gasteiger partial charge in [-0.25, -0.2) is 0 Å². The van der Waals surface area contributed by atoms with Crippen LogP contribution in [0.5, 0.6) is 11.5 Å². The number of benzene rings is 3. The molecular weight excluding hydrogens is 571 g/mol. The van der Waals surface area contributed by atoms with Gasteiger partial charge in [-0.05, 0) is 79.4 Å². The van der Waals surface area contributed by atoms with Gasteiger partial charge in [0, 0.05) is 35.1 Å². The van der Waals surface area contributed by atoms with Gasteiger partial charge >= 0.3 is 0 Å². The second-order valence-corrected chi connectivity index (χ2v) is 11.1. The number of carbonyl (C=O) groups is 1. The number of halogens is 2. The summed E-state index contributed by atoms with van der Waals surface area (Å²) in [6.07, 6.45) is 4.06. The summed E-state index contributed by atoms with van der Waals surface area (Å²) in [5.41, 5.74) is 1.96. The predicted molar refractivity (Wildman–Crippen MR) is 167 cm³/mol. The van der Waals surface area contributed by atoms with Crippen molar-refractivity contribution in [1.82, 2.24) is 15.6 Å². The molecule has 0 saturated heterocycles. The van der Waals surface area contributed by atoms with Gasteiger partial charge in [-0.3, -0.25) is 14.8 Å². The summed E-state index contributed by atoms with van der Waals surface area (Å²) in [7, 11) is 1.61. The number of aliphatic imine (C=N–C) groups is 1. The lowest BCUT2D eigenvalue weighted by Gasteiger charge is -2.34. The standard InChI is InChI=1S/C33H32Cl2N4O3/c1-21(2)42-29-19-27(41-3)14-15-28(29)31-38-30(23-6-10-25(34)11-7-23)33(39-31,24-8-12-26(35)13-9-24)32(40)37-18-16-22-5-4-17-36-20-22/h4-15,17,19-21,30H,16,18H2,1-3H3,(H,37,40)(H,38,39)/t30-,33+/m1/s1. The summed E-state index contributed by atoms with van der Waals surface area (Å²) in [5, 5.41) is 7.87. The molecule has 0 radical (unpaired) electrons. The van der Waals surface area contributed by atoms with Crippen molar-refractivity contribution in [2.24, 2.45) is 4.99 Å². The quantitative estimate of drug-likeness (QED) is 0.215. The first kappa shape index (κ1) is 29.4. The molecule has 1 aromatic heterocycles. The van der Waals surface area contributed by atoms with Gasteiger partial charge in [-0.15, -0.1) is 0 Å². The number of pyridine rings is 1. The Morgan fingerprint density at radius 2 is 1.74 bits per heavy atom. The zero-order valence-electron chi connectivity index (χ0n) is 23.6. The molecule has 0 spiro atoms. The van der Waals surface area contributed by atoms with E-state index in [-0.39, 0.29) is 12.0 Å². The first-order valence-electron chi connectivity index (χ1n) is 13.7. The van der Waals surface area contributed by atoms with Crippen LogP contribution in [0.2, 0.25) is 10.0 Å². The predicted octanol–water partition coefficient (Wildman–Crippen LogP) is 6.53. The SMILES string of the molecule is COc1ccc(C2=N[C@H](c3ccc(Cl)cc3)[C@](C(=O)NCCc3cccnc3)(c3ccc(Cl)cc3)N2)c(OC(C)C)c1. The Labute approximate surface area is 255 Å². The molecule has 2 heterocycles. The Kier molecular flexibility index (Phi) is 9.00. The normalized spacial score (nSPS) is 17.9. The molecule has 0 bridgehead atoms. The van der Waals surface area contributed by atoms with E-state index in [0.29, 0.717) is 51.5 Å². The minimum atomic E-state index is -1.31. The van der Waals surface area contributed by atoms with Crippen molar-refractivity contribution in [2.75, 3.05) is 13.7 Å². The number of ether oxygens (including phenoxy) is 2. The summed E-state index contributed by atoms with van der Waals surface area (Å²) in [6, 6.07) is 23.5. The summed E-state index contributed by atoms with van der Waals surface area (Å²) in [6.45, 7) is 4.32. The van der Waals surface area contributed by atoms with Crippen LogP contribution in [0.15, 0.2) is 96.2 Å². The van der Waals surface area contributed by atoms with Crippen LogP contribution in [-0.4, -0.2) is 36.5 Å². The average Bonchev–Trinajstić information content (AvgIpc) is 3.39. The number of carbonyl (C=O) groups excluding carboxylic acids is 1. The van der Waals surface area contributed by atoms with Gasteiger partial charge in [0.1, 0.15) is 23.4 Å². The van der Waals surface area contributed by atoms with Crippen molar-refractivity contribution in [2.45, 2.75) is 38.0 Å². The largest absolute Gasteiger partial charge is 0.497 e. The Balaban J connectivity index is 1.62. The van der Waals surface area contributed by atoms with Crippen LogP contribution in [0.3, 0.4) is 0 Å². The number of methoxy groups -OCH3 is 1. The van der Waals surface area contributed by atoms with Crippen molar-refractivity contribution >= 4 is 34.9 Å². The molecule has 42 heavy (non-hydrogen) atoms. The lowest BCUT2D eigenvalue weighted by atomic mass is 9.79. The highest BCUT2D eigenvalue weighted by Crippen LogP contribution is 2.44. The van der Waals surface area contributed by atoms with Crippen LogP contribution >= 0.6 is 23.2 Å². The van der Waals surface area contributed by atoms with E-state index < -0.39 is 11.6 Å². The number of nitrogens with zero attached hydrogens (tertiary/aromatic N) is 2. The molecule has 2 N–H and O–H groups in total. The fraction of sp³-hybridized carbons (Fsp3) is 0.242. The van der Waals surface area contributed by atoms with E-state index in [1.54, 1.807) is 43.8 Å². The highest BCUT2D eigenvalue weighted by atomic mass is 35.5. The summed E-state index contributed by atoms with van der Waals surface area (Å²) in [4.78, 5) is 23.8. The molecule has 1 aliphatic rings. The van der Waals surface area contributed by atoms with E-state index in [0.717, 1.165) is 11.1 Å². The van der Waals surface area contributed by atoms with Crippen LogP contribution in [0.4, 0.5) is 0 Å². The molecule has 2 atom stereocenters. The molecule has 9 heteroatoms. The van der Waals surface area contributed by atoms with Crippen LogP contribution < -0.4 is 20.1 Å².